The van der Waals surface area contributed by atoms with E-state index in [1.807, 2.05) is 48.5 Å². The van der Waals surface area contributed by atoms with Gasteiger partial charge in [0.05, 0.1) is 17.3 Å². The van der Waals surface area contributed by atoms with Crippen LogP contribution in [0.25, 0.3) is 10.2 Å². The summed E-state index contributed by atoms with van der Waals surface area (Å²) in [5.41, 5.74) is 1.77. The first-order chi connectivity index (χ1) is 14.6. The molecule has 1 aliphatic rings. The van der Waals surface area contributed by atoms with Gasteiger partial charge in [0.2, 0.25) is 5.91 Å². The molecule has 2 N–H and O–H groups in total. The lowest BCUT2D eigenvalue weighted by atomic mass is 10.1. The number of benzene rings is 2. The second-order valence-electron chi connectivity index (χ2n) is 7.23. The Labute approximate surface area is 179 Å². The molecule has 0 unspecified atom stereocenters. The van der Waals surface area contributed by atoms with Gasteiger partial charge in [-0.2, -0.15) is 0 Å². The van der Waals surface area contributed by atoms with E-state index in [-0.39, 0.29) is 11.9 Å². The van der Waals surface area contributed by atoms with Crippen molar-refractivity contribution >= 4 is 38.6 Å². The van der Waals surface area contributed by atoms with Crippen molar-refractivity contribution in [3.63, 3.8) is 0 Å². The SMILES string of the molecule is COc1ccc2nc(NC(=O)[C@@H](Cc3ccccc3)NC(=O)N3CCCC3)sc2c1. The van der Waals surface area contributed by atoms with Crippen molar-refractivity contribution in [3.05, 3.63) is 54.1 Å². The number of anilines is 1. The highest BCUT2D eigenvalue weighted by atomic mass is 32.1. The number of nitrogens with one attached hydrogen (secondary N) is 2. The van der Waals surface area contributed by atoms with Crippen molar-refractivity contribution in [1.29, 1.82) is 0 Å². The van der Waals surface area contributed by atoms with Gasteiger partial charge in [-0.05, 0) is 36.6 Å². The maximum absolute atomic E-state index is 13.1. The smallest absolute Gasteiger partial charge is 0.318 e. The van der Waals surface area contributed by atoms with Crippen molar-refractivity contribution in [2.75, 3.05) is 25.5 Å². The first-order valence-corrected chi connectivity index (χ1v) is 10.8. The van der Waals surface area contributed by atoms with E-state index in [4.69, 9.17) is 4.74 Å². The molecule has 2 aromatic carbocycles. The molecule has 0 radical (unpaired) electrons. The van der Waals surface area contributed by atoms with E-state index in [2.05, 4.69) is 15.6 Å². The molecular weight excluding hydrogens is 400 g/mol. The lowest BCUT2D eigenvalue weighted by Gasteiger charge is -2.22. The fourth-order valence-corrected chi connectivity index (χ4v) is 4.39. The van der Waals surface area contributed by atoms with E-state index in [9.17, 15) is 9.59 Å². The third-order valence-corrected chi connectivity index (χ3v) is 6.05. The highest BCUT2D eigenvalue weighted by Gasteiger charge is 2.26. The minimum absolute atomic E-state index is 0.197. The lowest BCUT2D eigenvalue weighted by molar-refractivity contribution is -0.118. The molecule has 0 saturated carbocycles. The van der Waals surface area contributed by atoms with Crippen LogP contribution in [0.15, 0.2) is 48.5 Å². The molecule has 1 aromatic heterocycles. The van der Waals surface area contributed by atoms with E-state index in [0.717, 1.165) is 47.5 Å². The third kappa shape index (κ3) is 4.71. The Bertz CT molecular complexity index is 1030. The number of carbonyl (C=O) groups excluding carboxylic acids is 2. The molecule has 1 aliphatic heterocycles. The Morgan fingerprint density at radius 2 is 1.93 bits per heavy atom. The molecular formula is C22H24N4O3S. The summed E-state index contributed by atoms with van der Waals surface area (Å²) in [6.45, 7) is 1.45. The Hall–Kier alpha value is -3.13. The minimum Gasteiger partial charge on any atom is -0.497 e. The second-order valence-corrected chi connectivity index (χ2v) is 8.26. The predicted molar refractivity (Wildman–Crippen MR) is 118 cm³/mol. The normalized spacial score (nSPS) is 14.5. The number of ether oxygens (including phenoxy) is 1. The number of methoxy groups -OCH3 is 1. The van der Waals surface area contributed by atoms with Gasteiger partial charge in [-0.15, -0.1) is 0 Å². The second kappa shape index (κ2) is 9.13. The fourth-order valence-electron chi connectivity index (χ4n) is 3.50. The van der Waals surface area contributed by atoms with Gasteiger partial charge in [-0.3, -0.25) is 4.79 Å². The van der Waals surface area contributed by atoms with E-state index in [1.165, 1.54) is 11.3 Å². The molecule has 7 nitrogen and oxygen atoms in total. The van der Waals surface area contributed by atoms with Gasteiger partial charge in [-0.1, -0.05) is 41.7 Å². The van der Waals surface area contributed by atoms with Crippen molar-refractivity contribution in [2.24, 2.45) is 0 Å². The molecule has 156 valence electrons. The summed E-state index contributed by atoms with van der Waals surface area (Å²) in [5, 5.41) is 6.29. The molecule has 1 atom stereocenters. The van der Waals surface area contributed by atoms with Crippen LogP contribution in [0.2, 0.25) is 0 Å². The summed E-state index contributed by atoms with van der Waals surface area (Å²) >= 11 is 1.38. The molecule has 3 amide bonds. The third-order valence-electron chi connectivity index (χ3n) is 5.12. The molecule has 0 bridgehead atoms. The summed E-state index contributed by atoms with van der Waals surface area (Å²) < 4.78 is 6.17. The Morgan fingerprint density at radius 3 is 2.67 bits per heavy atom. The van der Waals surface area contributed by atoms with Crippen LogP contribution in [-0.2, 0) is 11.2 Å². The van der Waals surface area contributed by atoms with Crippen LogP contribution in [0.1, 0.15) is 18.4 Å². The zero-order chi connectivity index (χ0) is 20.9. The van der Waals surface area contributed by atoms with Crippen molar-refractivity contribution < 1.29 is 14.3 Å². The molecule has 1 fully saturated rings. The molecule has 8 heteroatoms. The van der Waals surface area contributed by atoms with Gasteiger partial charge in [0, 0.05) is 19.5 Å². The number of hydrogen-bond donors (Lipinski definition) is 2. The van der Waals surface area contributed by atoms with E-state index >= 15 is 0 Å². The van der Waals surface area contributed by atoms with Crippen LogP contribution >= 0.6 is 11.3 Å². The summed E-state index contributed by atoms with van der Waals surface area (Å²) in [4.78, 5) is 31.9. The van der Waals surface area contributed by atoms with Gasteiger partial charge in [0.1, 0.15) is 11.8 Å². The van der Waals surface area contributed by atoms with Crippen LogP contribution < -0.4 is 15.4 Å². The highest BCUT2D eigenvalue weighted by molar-refractivity contribution is 7.22. The Morgan fingerprint density at radius 1 is 1.17 bits per heavy atom. The summed E-state index contributed by atoms with van der Waals surface area (Å²) in [7, 11) is 1.61. The molecule has 0 aliphatic carbocycles. The number of carbonyl (C=O) groups is 2. The molecule has 1 saturated heterocycles. The summed E-state index contributed by atoms with van der Waals surface area (Å²) in [5.74, 6) is 0.460. The largest absolute Gasteiger partial charge is 0.497 e. The number of aromatic nitrogens is 1. The number of thiazole rings is 1. The summed E-state index contributed by atoms with van der Waals surface area (Å²) in [6, 6.07) is 14.4. The first kappa shape index (κ1) is 20.2. The number of fused-ring (bicyclic) bond motifs is 1. The van der Waals surface area contributed by atoms with Gasteiger partial charge in [-0.25, -0.2) is 9.78 Å². The maximum Gasteiger partial charge on any atom is 0.318 e. The fraction of sp³-hybridized carbons (Fsp3) is 0.318. The zero-order valence-electron chi connectivity index (χ0n) is 16.8. The van der Waals surface area contributed by atoms with Crippen LogP contribution in [0, 0.1) is 0 Å². The first-order valence-electron chi connectivity index (χ1n) is 9.97. The standard InChI is InChI=1S/C22H24N4O3S/c1-29-16-9-10-17-19(14-16)30-21(23-17)25-20(27)18(13-15-7-3-2-4-8-15)24-22(28)26-11-5-6-12-26/h2-4,7-10,14,18H,5-6,11-13H2,1H3,(H,24,28)(H,23,25,27)/t18-/m1/s1. The number of amides is 3. The van der Waals surface area contributed by atoms with E-state index < -0.39 is 6.04 Å². The molecule has 3 aromatic rings. The van der Waals surface area contributed by atoms with E-state index in [1.54, 1.807) is 12.0 Å². The minimum atomic E-state index is -0.693. The number of nitrogens with zero attached hydrogens (tertiary/aromatic N) is 2. The van der Waals surface area contributed by atoms with Gasteiger partial charge in [0.25, 0.3) is 0 Å². The van der Waals surface area contributed by atoms with Crippen LogP contribution in [-0.4, -0.2) is 48.1 Å². The number of rotatable bonds is 6. The average Bonchev–Trinajstić information content (AvgIpc) is 3.43. The van der Waals surface area contributed by atoms with E-state index in [0.29, 0.717) is 11.6 Å². The zero-order valence-corrected chi connectivity index (χ0v) is 17.6. The van der Waals surface area contributed by atoms with Crippen molar-refractivity contribution in [3.8, 4) is 5.75 Å². The predicted octanol–water partition coefficient (Wildman–Crippen LogP) is 3.66. The van der Waals surface area contributed by atoms with Gasteiger partial charge in [0.15, 0.2) is 5.13 Å². The number of likely N-dealkylation sites (tertiary alicyclic amines) is 1. The van der Waals surface area contributed by atoms with Crippen molar-refractivity contribution in [1.82, 2.24) is 15.2 Å². The Balaban J connectivity index is 1.51. The van der Waals surface area contributed by atoms with Crippen LogP contribution in [0.3, 0.4) is 0 Å². The monoisotopic (exact) mass is 424 g/mol. The number of urea groups is 1. The quantitative estimate of drug-likeness (QED) is 0.633. The number of hydrogen-bond acceptors (Lipinski definition) is 5. The molecule has 4 rings (SSSR count). The molecule has 2 heterocycles. The topological polar surface area (TPSA) is 83.6 Å². The molecule has 0 spiro atoms. The van der Waals surface area contributed by atoms with Crippen molar-refractivity contribution in [2.45, 2.75) is 25.3 Å². The van der Waals surface area contributed by atoms with Crippen LogP contribution in [0.5, 0.6) is 5.75 Å². The van der Waals surface area contributed by atoms with Gasteiger partial charge < -0.3 is 20.3 Å². The van der Waals surface area contributed by atoms with Gasteiger partial charge >= 0.3 is 6.03 Å². The average molecular weight is 425 g/mol. The summed E-state index contributed by atoms with van der Waals surface area (Å²) in [6.07, 6.45) is 2.40. The van der Waals surface area contributed by atoms with Crippen LogP contribution in [0.4, 0.5) is 9.93 Å². The lowest BCUT2D eigenvalue weighted by Crippen LogP contribution is -2.49. The Kier molecular flexibility index (Phi) is 6.13. The highest BCUT2D eigenvalue weighted by Crippen LogP contribution is 2.29. The maximum atomic E-state index is 13.1. The molecule has 30 heavy (non-hydrogen) atoms.